The van der Waals surface area contributed by atoms with Crippen molar-refractivity contribution in [3.05, 3.63) is 28.9 Å². The number of rotatable bonds is 5. The maximum Gasteiger partial charge on any atom is 0.252 e. The van der Waals surface area contributed by atoms with Gasteiger partial charge in [-0.25, -0.2) is 4.98 Å². The number of ether oxygens (including phenoxy) is 1. The summed E-state index contributed by atoms with van der Waals surface area (Å²) >= 11 is 0. The van der Waals surface area contributed by atoms with Crippen LogP contribution in [0.1, 0.15) is 54.2 Å². The molecule has 0 N–H and O–H groups in total. The molecule has 1 atom stereocenters. The Morgan fingerprint density at radius 2 is 2.12 bits per heavy atom. The lowest BCUT2D eigenvalue weighted by atomic mass is 10.0. The van der Waals surface area contributed by atoms with Crippen LogP contribution in [0.5, 0.6) is 0 Å². The molecule has 0 saturated carbocycles. The number of aromatic nitrogens is 4. The fourth-order valence-corrected chi connectivity index (χ4v) is 4.09. The summed E-state index contributed by atoms with van der Waals surface area (Å²) in [6, 6.07) is 0.518. The molecule has 2 aromatic rings. The number of fused-ring (bicyclic) bond motifs is 1. The Morgan fingerprint density at radius 1 is 1.25 bits per heavy atom. The minimum atomic E-state index is 0.371. The molecule has 0 bridgehead atoms. The molecule has 0 unspecified atom stereocenters. The Morgan fingerprint density at radius 3 is 3.00 bits per heavy atom. The van der Waals surface area contributed by atoms with E-state index in [4.69, 9.17) is 14.2 Å². The van der Waals surface area contributed by atoms with Crippen LogP contribution in [0.2, 0.25) is 0 Å². The highest BCUT2D eigenvalue weighted by Crippen LogP contribution is 2.30. The van der Waals surface area contributed by atoms with Gasteiger partial charge in [0.05, 0.1) is 12.2 Å². The quantitative estimate of drug-likeness (QED) is 0.835. The topological polar surface area (TPSA) is 69.2 Å². The number of hydrogen-bond acceptors (Lipinski definition) is 6. The van der Waals surface area contributed by atoms with Crippen LogP contribution in [0.3, 0.4) is 0 Å². The van der Waals surface area contributed by atoms with E-state index in [1.165, 1.54) is 36.5 Å². The summed E-state index contributed by atoms with van der Waals surface area (Å²) in [6.45, 7) is 5.34. The SMILES string of the molecule is COCc1nc(CN2CC[C@H](n3c(C)nc4c3CCCC4)C2)no1. The second-order valence-corrected chi connectivity index (χ2v) is 6.84. The third kappa shape index (κ3) is 2.98. The first kappa shape index (κ1) is 15.8. The second kappa shape index (κ2) is 6.64. The summed E-state index contributed by atoms with van der Waals surface area (Å²) in [5.74, 6) is 2.46. The molecule has 4 rings (SSSR count). The summed E-state index contributed by atoms with van der Waals surface area (Å²) in [6.07, 6.45) is 6.05. The molecule has 0 amide bonds. The molecule has 1 saturated heterocycles. The van der Waals surface area contributed by atoms with Gasteiger partial charge in [0.1, 0.15) is 12.4 Å². The van der Waals surface area contributed by atoms with Crippen LogP contribution in [0.15, 0.2) is 4.52 Å². The zero-order chi connectivity index (χ0) is 16.5. The van der Waals surface area contributed by atoms with Crippen LogP contribution in [0, 0.1) is 6.92 Å². The summed E-state index contributed by atoms with van der Waals surface area (Å²) in [5.41, 5.74) is 2.81. The van der Waals surface area contributed by atoms with Gasteiger partial charge < -0.3 is 13.8 Å². The average Bonchev–Trinajstić information content (AvgIpc) is 3.26. The monoisotopic (exact) mass is 331 g/mol. The number of likely N-dealkylation sites (tertiary alicyclic amines) is 1. The number of methoxy groups -OCH3 is 1. The van der Waals surface area contributed by atoms with Crippen LogP contribution in [0.4, 0.5) is 0 Å². The summed E-state index contributed by atoms with van der Waals surface area (Å²) < 4.78 is 12.7. The zero-order valence-corrected chi connectivity index (χ0v) is 14.5. The predicted molar refractivity (Wildman–Crippen MR) is 87.5 cm³/mol. The normalized spacial score (nSPS) is 21.3. The molecule has 3 heterocycles. The van der Waals surface area contributed by atoms with Crippen LogP contribution in [-0.4, -0.2) is 44.8 Å². The molecular weight excluding hydrogens is 306 g/mol. The molecule has 2 aliphatic rings. The lowest BCUT2D eigenvalue weighted by molar-refractivity contribution is 0.151. The number of hydrogen-bond donors (Lipinski definition) is 0. The van der Waals surface area contributed by atoms with Crippen molar-refractivity contribution >= 4 is 0 Å². The standard InChI is InChI=1S/C17H25N5O2/c1-12-18-14-5-3-4-6-15(14)22(12)13-7-8-21(9-13)10-16-19-17(11-23-2)24-20-16/h13H,3-11H2,1-2H3/t13-/m0/s1. The molecule has 7 nitrogen and oxygen atoms in total. The van der Waals surface area contributed by atoms with Crippen LogP contribution < -0.4 is 0 Å². The van der Waals surface area contributed by atoms with E-state index in [1.807, 2.05) is 0 Å². The van der Waals surface area contributed by atoms with Gasteiger partial charge >= 0.3 is 0 Å². The molecule has 24 heavy (non-hydrogen) atoms. The van der Waals surface area contributed by atoms with Crippen molar-refractivity contribution in [2.75, 3.05) is 20.2 Å². The highest BCUT2D eigenvalue weighted by Gasteiger charge is 2.29. The molecule has 1 fully saturated rings. The molecule has 7 heteroatoms. The molecule has 0 radical (unpaired) electrons. The van der Waals surface area contributed by atoms with E-state index in [0.717, 1.165) is 38.3 Å². The minimum Gasteiger partial charge on any atom is -0.375 e. The van der Waals surface area contributed by atoms with Crippen molar-refractivity contribution < 1.29 is 9.26 Å². The highest BCUT2D eigenvalue weighted by atomic mass is 16.5. The summed E-state index contributed by atoms with van der Waals surface area (Å²) in [4.78, 5) is 11.6. The van der Waals surface area contributed by atoms with Crippen LogP contribution >= 0.6 is 0 Å². The average molecular weight is 331 g/mol. The zero-order valence-electron chi connectivity index (χ0n) is 14.5. The Labute approximate surface area is 142 Å². The van der Waals surface area contributed by atoms with Crippen molar-refractivity contribution in [1.29, 1.82) is 0 Å². The first-order valence-corrected chi connectivity index (χ1v) is 8.84. The van der Waals surface area contributed by atoms with Gasteiger partial charge in [0, 0.05) is 31.9 Å². The number of nitrogens with zero attached hydrogens (tertiary/aromatic N) is 5. The Balaban J connectivity index is 1.44. The summed E-state index contributed by atoms with van der Waals surface area (Å²) in [5, 5.41) is 4.05. The first-order valence-electron chi connectivity index (χ1n) is 8.84. The first-order chi connectivity index (χ1) is 11.7. The number of imidazole rings is 1. The predicted octanol–water partition coefficient (Wildman–Crippen LogP) is 2.05. The lowest BCUT2D eigenvalue weighted by Gasteiger charge is -2.20. The third-order valence-electron chi connectivity index (χ3n) is 5.10. The maximum atomic E-state index is 5.18. The molecule has 2 aromatic heterocycles. The molecule has 130 valence electrons. The van der Waals surface area contributed by atoms with Crippen molar-refractivity contribution in [3.8, 4) is 0 Å². The van der Waals surface area contributed by atoms with Gasteiger partial charge in [-0.1, -0.05) is 5.16 Å². The van der Waals surface area contributed by atoms with Gasteiger partial charge in [0.2, 0.25) is 0 Å². The van der Waals surface area contributed by atoms with E-state index in [2.05, 4.69) is 26.5 Å². The Hall–Kier alpha value is -1.73. The highest BCUT2D eigenvalue weighted by molar-refractivity contribution is 5.21. The van der Waals surface area contributed by atoms with Crippen LogP contribution in [-0.2, 0) is 30.7 Å². The van der Waals surface area contributed by atoms with E-state index >= 15 is 0 Å². The number of aryl methyl sites for hydroxylation is 2. The Bertz CT molecular complexity index is 708. The second-order valence-electron chi connectivity index (χ2n) is 6.84. The fourth-order valence-electron chi connectivity index (χ4n) is 4.09. The maximum absolute atomic E-state index is 5.18. The van der Waals surface area contributed by atoms with E-state index in [1.54, 1.807) is 7.11 Å². The third-order valence-corrected chi connectivity index (χ3v) is 5.10. The molecule has 0 spiro atoms. The molecule has 0 aromatic carbocycles. The van der Waals surface area contributed by atoms with Gasteiger partial charge in [0.25, 0.3) is 5.89 Å². The van der Waals surface area contributed by atoms with Gasteiger partial charge in [0.15, 0.2) is 5.82 Å². The van der Waals surface area contributed by atoms with Crippen LogP contribution in [0.25, 0.3) is 0 Å². The Kier molecular flexibility index (Phi) is 4.37. The molecular formula is C17H25N5O2. The van der Waals surface area contributed by atoms with Crippen molar-refractivity contribution in [2.45, 2.75) is 58.2 Å². The molecule has 1 aliphatic carbocycles. The minimum absolute atomic E-state index is 0.371. The van der Waals surface area contributed by atoms with Crippen molar-refractivity contribution in [1.82, 2.24) is 24.6 Å². The van der Waals surface area contributed by atoms with Gasteiger partial charge in [-0.2, -0.15) is 4.98 Å². The largest absolute Gasteiger partial charge is 0.375 e. The van der Waals surface area contributed by atoms with Gasteiger partial charge in [-0.05, 0) is 39.0 Å². The van der Waals surface area contributed by atoms with E-state index in [9.17, 15) is 0 Å². The van der Waals surface area contributed by atoms with E-state index in [-0.39, 0.29) is 0 Å². The fraction of sp³-hybridized carbons (Fsp3) is 0.706. The summed E-state index contributed by atoms with van der Waals surface area (Å²) in [7, 11) is 1.63. The smallest absolute Gasteiger partial charge is 0.252 e. The van der Waals surface area contributed by atoms with E-state index in [0.29, 0.717) is 18.5 Å². The van der Waals surface area contributed by atoms with E-state index < -0.39 is 0 Å². The van der Waals surface area contributed by atoms with Crippen molar-refractivity contribution in [2.24, 2.45) is 0 Å². The van der Waals surface area contributed by atoms with Gasteiger partial charge in [-0.15, -0.1) is 0 Å². The molecule has 1 aliphatic heterocycles. The lowest BCUT2D eigenvalue weighted by Crippen LogP contribution is -2.23. The van der Waals surface area contributed by atoms with Gasteiger partial charge in [-0.3, -0.25) is 4.90 Å². The van der Waals surface area contributed by atoms with Crippen molar-refractivity contribution in [3.63, 3.8) is 0 Å².